The van der Waals surface area contributed by atoms with Crippen LogP contribution in [0.2, 0.25) is 0 Å². The van der Waals surface area contributed by atoms with Crippen molar-refractivity contribution in [3.8, 4) is 0 Å². The molecule has 0 heterocycles. The van der Waals surface area contributed by atoms with E-state index in [-0.39, 0.29) is 15.8 Å². The second-order valence-electron chi connectivity index (χ2n) is 4.91. The highest BCUT2D eigenvalue weighted by atomic mass is 32.2. The second kappa shape index (κ2) is 6.95. The van der Waals surface area contributed by atoms with Crippen molar-refractivity contribution in [1.29, 1.82) is 0 Å². The van der Waals surface area contributed by atoms with Crippen molar-refractivity contribution >= 4 is 15.8 Å². The van der Waals surface area contributed by atoms with E-state index in [9.17, 15) is 13.6 Å². The lowest BCUT2D eigenvalue weighted by molar-refractivity contribution is 0.139. The molecule has 120 valence electrons. The quantitative estimate of drug-likeness (QED) is 0.290. The minimum Gasteiger partial charge on any atom is -0.733 e. The van der Waals surface area contributed by atoms with Gasteiger partial charge in [0.15, 0.2) is 0 Å². The summed E-state index contributed by atoms with van der Waals surface area (Å²) in [5, 5.41) is 22.6. The largest absolute Gasteiger partial charge is 0.733 e. The molecule has 0 bridgehead atoms. The van der Waals surface area contributed by atoms with Crippen LogP contribution in [0, 0.1) is 5.21 Å². The predicted molar refractivity (Wildman–Crippen MR) is 77.5 cm³/mol. The van der Waals surface area contributed by atoms with Crippen LogP contribution >= 0.6 is 0 Å². The van der Waals surface area contributed by atoms with E-state index in [1.165, 1.54) is 0 Å². The van der Waals surface area contributed by atoms with Gasteiger partial charge < -0.3 is 10.4 Å². The first-order chi connectivity index (χ1) is 10.4. The molecule has 0 amide bonds. The first kappa shape index (κ1) is 16.5. The summed E-state index contributed by atoms with van der Waals surface area (Å²) in [5.41, 5.74) is 8.44. The van der Waals surface area contributed by atoms with E-state index >= 15 is 0 Å². The van der Waals surface area contributed by atoms with Gasteiger partial charge in [-0.3, -0.25) is 9.39 Å². The van der Waals surface area contributed by atoms with Crippen molar-refractivity contribution in [3.05, 3.63) is 39.9 Å². The van der Waals surface area contributed by atoms with Crippen LogP contribution in [-0.2, 0) is 14.3 Å². The van der Waals surface area contributed by atoms with Crippen LogP contribution in [0.1, 0.15) is 25.7 Å². The van der Waals surface area contributed by atoms with Gasteiger partial charge in [0, 0.05) is 4.91 Å². The topological polar surface area (TPSA) is 139 Å². The Bertz CT molecular complexity index is 655. The van der Waals surface area contributed by atoms with Crippen molar-refractivity contribution < 1.29 is 17.8 Å². The van der Waals surface area contributed by atoms with Gasteiger partial charge in [-0.05, 0) is 42.6 Å². The molecular formula is C12H15N4O5S-. The highest BCUT2D eigenvalue weighted by Gasteiger charge is 2.30. The van der Waals surface area contributed by atoms with E-state index in [1.807, 2.05) is 0 Å². The highest BCUT2D eigenvalue weighted by Crippen LogP contribution is 2.28. The van der Waals surface area contributed by atoms with Crippen molar-refractivity contribution in [3.63, 3.8) is 0 Å². The van der Waals surface area contributed by atoms with E-state index in [4.69, 9.17) is 14.9 Å². The first-order valence-electron chi connectivity index (χ1n) is 6.68. The van der Waals surface area contributed by atoms with Crippen LogP contribution in [0.25, 0.3) is 10.4 Å². The molecule has 10 heteroatoms. The van der Waals surface area contributed by atoms with Crippen LogP contribution in [-0.4, -0.2) is 25.8 Å². The maximum Gasteiger partial charge on any atom is 0.297 e. The second-order valence-corrected chi connectivity index (χ2v) is 6.48. The number of azide groups is 1. The number of benzene rings is 1. The molecule has 22 heavy (non-hydrogen) atoms. The summed E-state index contributed by atoms with van der Waals surface area (Å²) in [7, 11) is -4.04. The van der Waals surface area contributed by atoms with Gasteiger partial charge in [0.1, 0.15) is 0 Å². The average Bonchev–Trinajstić information content (AvgIpc) is 2.49. The fourth-order valence-corrected chi connectivity index (χ4v) is 3.48. The van der Waals surface area contributed by atoms with Crippen LogP contribution in [0.5, 0.6) is 0 Å². The Hall–Kier alpha value is -1.84. The molecular weight excluding hydrogens is 312 g/mol. The summed E-state index contributed by atoms with van der Waals surface area (Å²) in [6.07, 6.45) is 2.04. The van der Waals surface area contributed by atoms with Gasteiger partial charge in [0.2, 0.25) is 0 Å². The molecule has 1 aliphatic rings. The van der Waals surface area contributed by atoms with Gasteiger partial charge in [-0.25, -0.2) is 0 Å². The van der Waals surface area contributed by atoms with Gasteiger partial charge in [0.05, 0.1) is 22.7 Å². The third kappa shape index (κ3) is 3.87. The summed E-state index contributed by atoms with van der Waals surface area (Å²) in [5.74, 6) is 0. The molecule has 0 radical (unpaired) electrons. The molecule has 0 unspecified atom stereocenters. The number of rotatable bonds is 5. The smallest absolute Gasteiger partial charge is 0.297 e. The van der Waals surface area contributed by atoms with Gasteiger partial charge in [-0.2, -0.15) is 8.42 Å². The number of anilines is 1. The third-order valence-corrected chi connectivity index (χ3v) is 4.81. The zero-order chi connectivity index (χ0) is 16.2. The molecule has 1 N–H and O–H groups in total. The van der Waals surface area contributed by atoms with Gasteiger partial charge in [-0.15, -0.1) is 0 Å². The van der Waals surface area contributed by atoms with Gasteiger partial charge in [-0.1, -0.05) is 18.0 Å². The molecule has 1 saturated carbocycles. The van der Waals surface area contributed by atoms with E-state index < -0.39 is 22.3 Å². The summed E-state index contributed by atoms with van der Waals surface area (Å²) < 4.78 is 29.6. The highest BCUT2D eigenvalue weighted by molar-refractivity contribution is 7.86. The number of hydrogen-bond donors (Lipinski definition) is 1. The Labute approximate surface area is 127 Å². The third-order valence-electron chi connectivity index (χ3n) is 3.46. The molecule has 1 aromatic carbocycles. The molecule has 1 aromatic rings. The molecule has 9 nitrogen and oxygen atoms in total. The molecule has 2 atom stereocenters. The fraction of sp³-hybridized carbons (Fsp3) is 0.500. The van der Waals surface area contributed by atoms with E-state index in [1.54, 1.807) is 0 Å². The molecule has 1 fully saturated rings. The summed E-state index contributed by atoms with van der Waals surface area (Å²) in [4.78, 5) is 2.59. The lowest BCUT2D eigenvalue weighted by atomic mass is 9.93. The van der Waals surface area contributed by atoms with Crippen molar-refractivity contribution in [1.82, 2.24) is 0 Å². The molecule has 1 aliphatic carbocycles. The maximum atomic E-state index is 12.2. The molecule has 0 aromatic heterocycles. The van der Waals surface area contributed by atoms with Gasteiger partial charge >= 0.3 is 0 Å². The van der Waals surface area contributed by atoms with E-state index in [0.29, 0.717) is 12.8 Å². The van der Waals surface area contributed by atoms with E-state index in [2.05, 4.69) is 10.0 Å². The first-order valence-corrected chi connectivity index (χ1v) is 8.08. The Morgan fingerprint density at radius 2 is 1.95 bits per heavy atom. The fourth-order valence-electron chi connectivity index (χ4n) is 2.35. The molecule has 0 saturated heterocycles. The van der Waals surface area contributed by atoms with Crippen LogP contribution < -0.4 is 5.23 Å². The van der Waals surface area contributed by atoms with Crippen molar-refractivity contribution in [2.24, 2.45) is 5.11 Å². The Morgan fingerprint density at radius 3 is 2.55 bits per heavy atom. The Kier molecular flexibility index (Phi) is 5.22. The zero-order valence-electron chi connectivity index (χ0n) is 11.6. The number of hydrogen-bond acceptors (Lipinski definition) is 7. The monoisotopic (exact) mass is 327 g/mol. The van der Waals surface area contributed by atoms with Gasteiger partial charge in [0.25, 0.3) is 10.1 Å². The summed E-state index contributed by atoms with van der Waals surface area (Å²) in [6.45, 7) is 0. The minimum atomic E-state index is -4.04. The predicted octanol–water partition coefficient (Wildman–Crippen LogP) is 2.71. The average molecular weight is 327 g/mol. The minimum absolute atomic E-state index is 0.0939. The lowest BCUT2D eigenvalue weighted by Gasteiger charge is -2.27. The number of nitrogens with zero attached hydrogens (tertiary/aromatic N) is 4. The molecule has 2 rings (SSSR count). The maximum absolute atomic E-state index is 12.2. The SMILES string of the molecule is [N-]=[N+]=N[C@@H]1CCCC[C@H]1OS(=O)(=O)c1ccc(N([O-])O)cc1. The Balaban J connectivity index is 2.17. The summed E-state index contributed by atoms with van der Waals surface area (Å²) in [6, 6.07) is 4.14. The summed E-state index contributed by atoms with van der Waals surface area (Å²) >= 11 is 0. The standard InChI is InChI=1S/C12H15N4O5S/c13-15-14-11-3-1-2-4-12(11)21-22(19,20)10-7-5-9(6-8-10)16(17)18/h5-8,11-12,17H,1-4H2/q-1/t11-,12-/m1/s1. The zero-order valence-corrected chi connectivity index (χ0v) is 12.4. The molecule has 0 spiro atoms. The van der Waals surface area contributed by atoms with Crippen molar-refractivity contribution in [2.45, 2.75) is 42.7 Å². The van der Waals surface area contributed by atoms with Crippen LogP contribution in [0.3, 0.4) is 0 Å². The normalized spacial score (nSPS) is 21.9. The van der Waals surface area contributed by atoms with Crippen molar-refractivity contribution in [2.75, 3.05) is 5.23 Å². The Morgan fingerprint density at radius 1 is 1.32 bits per heavy atom. The van der Waals surface area contributed by atoms with Crippen LogP contribution in [0.15, 0.2) is 34.3 Å². The van der Waals surface area contributed by atoms with Crippen LogP contribution in [0.4, 0.5) is 5.69 Å². The lowest BCUT2D eigenvalue weighted by Crippen LogP contribution is -2.32. The van der Waals surface area contributed by atoms with E-state index in [0.717, 1.165) is 37.1 Å². The molecule has 0 aliphatic heterocycles.